The van der Waals surface area contributed by atoms with E-state index >= 15 is 0 Å². The second-order valence-electron chi connectivity index (χ2n) is 5.12. The Morgan fingerprint density at radius 1 is 1.04 bits per heavy atom. The minimum absolute atomic E-state index is 0.113. The average Bonchev–Trinajstić information content (AvgIpc) is 2.59. The van der Waals surface area contributed by atoms with Crippen LogP contribution >= 0.6 is 11.6 Å². The van der Waals surface area contributed by atoms with Crippen molar-refractivity contribution in [2.24, 2.45) is 0 Å². The predicted molar refractivity (Wildman–Crippen MR) is 87.6 cm³/mol. The number of anilines is 1. The van der Waals surface area contributed by atoms with Crippen molar-refractivity contribution >= 4 is 28.5 Å². The lowest BCUT2D eigenvalue weighted by molar-refractivity contribution is 0.347. The van der Waals surface area contributed by atoms with E-state index in [0.717, 1.165) is 11.0 Å². The molecule has 1 aliphatic heterocycles. The first-order valence-corrected chi connectivity index (χ1v) is 7.52. The third kappa shape index (κ3) is 3.18. The highest BCUT2D eigenvalue weighted by atomic mass is 35.5. The SMILES string of the molecule is N#CC(C#N)=CN1CCN(c2nc3ccccc3nc2Cl)CC1. The molecular weight excluding hydrogens is 312 g/mol. The van der Waals surface area contributed by atoms with E-state index in [1.807, 2.05) is 41.3 Å². The van der Waals surface area contributed by atoms with E-state index in [1.165, 1.54) is 0 Å². The standard InChI is InChI=1S/C16H13ClN6/c17-15-16(21-14-4-2-1-3-13(14)20-15)23-7-5-22(6-8-23)11-12(9-18)10-19/h1-4,11H,5-8H2. The molecule has 3 rings (SSSR count). The summed E-state index contributed by atoms with van der Waals surface area (Å²) in [6, 6.07) is 11.4. The lowest BCUT2D eigenvalue weighted by Crippen LogP contribution is -2.44. The van der Waals surface area contributed by atoms with Crippen molar-refractivity contribution in [2.45, 2.75) is 0 Å². The lowest BCUT2D eigenvalue weighted by Gasteiger charge is -2.34. The van der Waals surface area contributed by atoms with Gasteiger partial charge in [-0.15, -0.1) is 0 Å². The minimum Gasteiger partial charge on any atom is -0.372 e. The molecule has 0 atom stereocenters. The fourth-order valence-electron chi connectivity index (χ4n) is 2.50. The maximum atomic E-state index is 8.81. The third-order valence-corrected chi connectivity index (χ3v) is 3.93. The number of fused-ring (bicyclic) bond motifs is 1. The summed E-state index contributed by atoms with van der Waals surface area (Å²) in [4.78, 5) is 13.0. The van der Waals surface area contributed by atoms with Crippen molar-refractivity contribution < 1.29 is 0 Å². The van der Waals surface area contributed by atoms with E-state index in [4.69, 9.17) is 22.1 Å². The van der Waals surface area contributed by atoms with Gasteiger partial charge in [0.1, 0.15) is 17.7 Å². The highest BCUT2D eigenvalue weighted by molar-refractivity contribution is 6.32. The first-order valence-electron chi connectivity index (χ1n) is 7.14. The summed E-state index contributed by atoms with van der Waals surface area (Å²) >= 11 is 6.28. The molecule has 7 heteroatoms. The number of allylic oxidation sites excluding steroid dienone is 1. The Labute approximate surface area is 138 Å². The van der Waals surface area contributed by atoms with Crippen molar-refractivity contribution in [2.75, 3.05) is 31.1 Å². The van der Waals surface area contributed by atoms with Crippen LogP contribution in [0.2, 0.25) is 5.15 Å². The van der Waals surface area contributed by atoms with Crippen molar-refractivity contribution in [3.63, 3.8) is 0 Å². The van der Waals surface area contributed by atoms with Crippen LogP contribution < -0.4 is 4.90 Å². The van der Waals surface area contributed by atoms with Gasteiger partial charge in [0.25, 0.3) is 0 Å². The van der Waals surface area contributed by atoms with Gasteiger partial charge in [0.2, 0.25) is 0 Å². The Hall–Kier alpha value is -2.83. The summed E-state index contributed by atoms with van der Waals surface area (Å²) < 4.78 is 0. The number of hydrogen-bond acceptors (Lipinski definition) is 6. The molecule has 0 amide bonds. The molecule has 1 fully saturated rings. The topological polar surface area (TPSA) is 79.8 Å². The Balaban J connectivity index is 1.78. The molecule has 0 radical (unpaired) electrons. The molecule has 0 aliphatic carbocycles. The number of piperazine rings is 1. The molecule has 23 heavy (non-hydrogen) atoms. The number of rotatable bonds is 2. The molecule has 114 valence electrons. The number of hydrogen-bond donors (Lipinski definition) is 0. The van der Waals surface area contributed by atoms with Crippen molar-refractivity contribution in [1.29, 1.82) is 10.5 Å². The van der Waals surface area contributed by atoms with Gasteiger partial charge in [-0.25, -0.2) is 9.97 Å². The molecule has 1 saturated heterocycles. The third-order valence-electron chi connectivity index (χ3n) is 3.68. The molecule has 2 aromatic rings. The zero-order valence-corrected chi connectivity index (χ0v) is 13.0. The van der Waals surface area contributed by atoms with Crippen molar-refractivity contribution in [3.8, 4) is 12.1 Å². The second-order valence-corrected chi connectivity index (χ2v) is 5.47. The number of nitriles is 2. The Kier molecular flexibility index (Phi) is 4.27. The lowest BCUT2D eigenvalue weighted by atomic mass is 10.2. The predicted octanol–water partition coefficient (Wildman–Crippen LogP) is 2.34. The zero-order valence-electron chi connectivity index (χ0n) is 12.3. The molecule has 1 aliphatic rings. The van der Waals surface area contributed by atoms with Gasteiger partial charge in [0.15, 0.2) is 11.0 Å². The monoisotopic (exact) mass is 324 g/mol. The molecule has 2 heterocycles. The summed E-state index contributed by atoms with van der Waals surface area (Å²) in [6.07, 6.45) is 1.60. The van der Waals surface area contributed by atoms with Crippen LogP contribution in [0, 0.1) is 22.7 Å². The minimum atomic E-state index is 0.113. The van der Waals surface area contributed by atoms with Crippen LogP contribution in [-0.4, -0.2) is 41.0 Å². The Bertz CT molecular complexity index is 824. The van der Waals surface area contributed by atoms with Crippen LogP contribution in [0.5, 0.6) is 0 Å². The second kappa shape index (κ2) is 6.51. The summed E-state index contributed by atoms with van der Waals surface area (Å²) in [7, 11) is 0. The van der Waals surface area contributed by atoms with Crippen LogP contribution in [-0.2, 0) is 0 Å². The Morgan fingerprint density at radius 2 is 1.65 bits per heavy atom. The molecule has 0 unspecified atom stereocenters. The van der Waals surface area contributed by atoms with E-state index in [9.17, 15) is 0 Å². The number of benzene rings is 1. The first kappa shape index (κ1) is 15.1. The van der Waals surface area contributed by atoms with Crippen LogP contribution in [0.15, 0.2) is 36.0 Å². The maximum absolute atomic E-state index is 8.81. The van der Waals surface area contributed by atoms with E-state index in [2.05, 4.69) is 14.9 Å². The molecule has 6 nitrogen and oxygen atoms in total. The Morgan fingerprint density at radius 3 is 2.26 bits per heavy atom. The highest BCUT2D eigenvalue weighted by Gasteiger charge is 2.20. The van der Waals surface area contributed by atoms with Gasteiger partial charge in [-0.1, -0.05) is 23.7 Å². The van der Waals surface area contributed by atoms with Gasteiger partial charge in [-0.05, 0) is 12.1 Å². The van der Waals surface area contributed by atoms with Gasteiger partial charge in [0, 0.05) is 32.4 Å². The van der Waals surface area contributed by atoms with E-state index < -0.39 is 0 Å². The zero-order chi connectivity index (χ0) is 16.2. The summed E-state index contributed by atoms with van der Waals surface area (Å²) in [5, 5.41) is 18.0. The summed E-state index contributed by atoms with van der Waals surface area (Å²) in [5.41, 5.74) is 1.70. The maximum Gasteiger partial charge on any atom is 0.172 e. The normalized spacial score (nSPS) is 14.2. The van der Waals surface area contributed by atoms with Crippen molar-refractivity contribution in [1.82, 2.24) is 14.9 Å². The van der Waals surface area contributed by atoms with Gasteiger partial charge >= 0.3 is 0 Å². The number of aromatic nitrogens is 2. The molecule has 0 saturated carbocycles. The molecule has 0 N–H and O–H groups in total. The highest BCUT2D eigenvalue weighted by Crippen LogP contribution is 2.25. The van der Waals surface area contributed by atoms with Crippen LogP contribution in [0.4, 0.5) is 5.82 Å². The molecule has 1 aromatic carbocycles. The van der Waals surface area contributed by atoms with Crippen molar-refractivity contribution in [3.05, 3.63) is 41.2 Å². The van der Waals surface area contributed by atoms with Gasteiger partial charge < -0.3 is 9.80 Å². The van der Waals surface area contributed by atoms with Crippen LogP contribution in [0.3, 0.4) is 0 Å². The summed E-state index contributed by atoms with van der Waals surface area (Å²) in [6.45, 7) is 2.79. The van der Waals surface area contributed by atoms with E-state index in [1.54, 1.807) is 6.20 Å². The fraction of sp³-hybridized carbons (Fsp3) is 0.250. The molecule has 0 bridgehead atoms. The quantitative estimate of drug-likeness (QED) is 0.789. The van der Waals surface area contributed by atoms with Crippen LogP contribution in [0.1, 0.15) is 0 Å². The number of para-hydroxylation sites is 2. The number of halogens is 1. The largest absolute Gasteiger partial charge is 0.372 e. The smallest absolute Gasteiger partial charge is 0.172 e. The summed E-state index contributed by atoms with van der Waals surface area (Å²) in [5.74, 6) is 0.676. The van der Waals surface area contributed by atoms with Gasteiger partial charge in [0.05, 0.1) is 11.0 Å². The molecule has 0 spiro atoms. The molecule has 1 aromatic heterocycles. The van der Waals surface area contributed by atoms with Crippen LogP contribution in [0.25, 0.3) is 11.0 Å². The fourth-order valence-corrected chi connectivity index (χ4v) is 2.75. The average molecular weight is 325 g/mol. The number of nitrogens with zero attached hydrogens (tertiary/aromatic N) is 6. The molecular formula is C16H13ClN6. The van der Waals surface area contributed by atoms with Gasteiger partial charge in [-0.3, -0.25) is 0 Å². The van der Waals surface area contributed by atoms with Gasteiger partial charge in [-0.2, -0.15) is 10.5 Å². The van der Waals surface area contributed by atoms with E-state index in [-0.39, 0.29) is 5.57 Å². The first-order chi connectivity index (χ1) is 11.2. The van der Waals surface area contributed by atoms with E-state index in [0.29, 0.717) is 37.1 Å².